The van der Waals surface area contributed by atoms with Crippen LogP contribution in [0.1, 0.15) is 28.8 Å². The first kappa shape index (κ1) is 33.4. The van der Waals surface area contributed by atoms with Crippen molar-refractivity contribution in [3.05, 3.63) is 162 Å². The molecule has 2 unspecified atom stereocenters. The maximum Gasteiger partial charge on any atom is 0.289 e. The Balaban J connectivity index is 1.19. The van der Waals surface area contributed by atoms with Crippen molar-refractivity contribution in [1.82, 2.24) is 5.32 Å². The SMILES string of the molecule is CNC(=O)CC(=O)Nc1ccc(Oc2ccc(C(c3ccc(Oc4ccc(C)cc4)cc3)P3(=O)Oc4ccccc4-c4ccccc43)cc2)cc1. The lowest BCUT2D eigenvalue weighted by molar-refractivity contribution is -0.126. The molecule has 0 aliphatic carbocycles. The lowest BCUT2D eigenvalue weighted by atomic mass is 10.0. The number of para-hydroxylation sites is 1. The molecule has 0 bridgehead atoms. The van der Waals surface area contributed by atoms with Crippen LogP contribution in [0, 0.1) is 6.92 Å². The average molecular weight is 695 g/mol. The Morgan fingerprint density at radius 2 is 1.12 bits per heavy atom. The van der Waals surface area contributed by atoms with Crippen molar-refractivity contribution in [3.63, 3.8) is 0 Å². The van der Waals surface area contributed by atoms with E-state index in [0.717, 1.165) is 33.6 Å². The third-order valence-corrected chi connectivity index (χ3v) is 11.4. The number of benzene rings is 6. The standard InChI is InChI=1S/C42H35N2O6P/c1-28-11-19-32(20-12-28)48-33-21-13-29(14-22-33)42(51(47)39-10-6-4-8-37(39)36-7-3-5-9-38(36)50-51)30-15-23-34(24-16-30)49-35-25-17-31(18-26-35)44-41(46)27-40(45)43-2/h3-26,42H,27H2,1-2H3,(H,43,45)(H,44,46). The van der Waals surface area contributed by atoms with Gasteiger partial charge < -0.3 is 24.6 Å². The Bertz CT molecular complexity index is 2230. The van der Waals surface area contributed by atoms with Gasteiger partial charge in [0.05, 0.1) is 5.30 Å². The van der Waals surface area contributed by atoms with Crippen LogP contribution in [0.5, 0.6) is 28.7 Å². The molecule has 254 valence electrons. The quantitative estimate of drug-likeness (QED) is 0.109. The van der Waals surface area contributed by atoms with Crippen molar-refractivity contribution in [3.8, 4) is 39.9 Å². The minimum absolute atomic E-state index is 0.260. The van der Waals surface area contributed by atoms with Crippen LogP contribution < -0.4 is 29.9 Å². The number of nitrogens with one attached hydrogen (secondary N) is 2. The molecular weight excluding hydrogens is 659 g/mol. The van der Waals surface area contributed by atoms with Gasteiger partial charge in [0.2, 0.25) is 11.8 Å². The molecule has 9 heteroatoms. The summed E-state index contributed by atoms with van der Waals surface area (Å²) in [5.41, 5.74) is 4.44. The first-order valence-electron chi connectivity index (χ1n) is 16.5. The molecule has 8 nitrogen and oxygen atoms in total. The number of aryl methyl sites for hydroxylation is 1. The van der Waals surface area contributed by atoms with Gasteiger partial charge in [-0.05, 0) is 96.4 Å². The minimum Gasteiger partial charge on any atom is -0.457 e. The molecule has 6 aromatic rings. The van der Waals surface area contributed by atoms with Crippen LogP contribution in [0.25, 0.3) is 11.1 Å². The second-order valence-corrected chi connectivity index (χ2v) is 14.6. The summed E-state index contributed by atoms with van der Waals surface area (Å²) in [7, 11) is -2.15. The van der Waals surface area contributed by atoms with E-state index >= 15 is 4.57 Å². The maximum absolute atomic E-state index is 15.6. The van der Waals surface area contributed by atoms with Crippen LogP contribution in [-0.2, 0) is 14.2 Å². The third-order valence-electron chi connectivity index (χ3n) is 8.61. The fourth-order valence-electron chi connectivity index (χ4n) is 6.07. The summed E-state index contributed by atoms with van der Waals surface area (Å²) in [5.74, 6) is 2.33. The summed E-state index contributed by atoms with van der Waals surface area (Å²) in [5, 5.41) is 5.79. The molecule has 0 spiro atoms. The zero-order chi connectivity index (χ0) is 35.4. The fraction of sp³-hybridized carbons (Fsp3) is 0.0952. The van der Waals surface area contributed by atoms with E-state index < -0.39 is 18.9 Å². The van der Waals surface area contributed by atoms with Crippen LogP contribution >= 0.6 is 7.37 Å². The Morgan fingerprint density at radius 1 is 0.627 bits per heavy atom. The zero-order valence-corrected chi connectivity index (χ0v) is 28.9. The van der Waals surface area contributed by atoms with Crippen molar-refractivity contribution < 1.29 is 28.2 Å². The van der Waals surface area contributed by atoms with Crippen LogP contribution in [0.15, 0.2) is 146 Å². The van der Waals surface area contributed by atoms with Crippen LogP contribution in [0.2, 0.25) is 0 Å². The number of amides is 2. The molecule has 1 aliphatic rings. The number of rotatable bonds is 10. The van der Waals surface area contributed by atoms with Gasteiger partial charge in [-0.15, -0.1) is 0 Å². The van der Waals surface area contributed by atoms with E-state index in [1.807, 2.05) is 128 Å². The van der Waals surface area contributed by atoms with Gasteiger partial charge in [0, 0.05) is 18.3 Å². The third kappa shape index (κ3) is 7.28. The molecule has 0 aromatic heterocycles. The predicted molar refractivity (Wildman–Crippen MR) is 200 cm³/mol. The van der Waals surface area contributed by atoms with Crippen molar-refractivity contribution >= 4 is 30.2 Å². The molecule has 0 saturated heterocycles. The number of hydrogen-bond acceptors (Lipinski definition) is 6. The first-order chi connectivity index (χ1) is 24.8. The van der Waals surface area contributed by atoms with E-state index in [-0.39, 0.29) is 12.3 Å². The predicted octanol–water partition coefficient (Wildman–Crippen LogP) is 9.41. The van der Waals surface area contributed by atoms with Crippen LogP contribution in [0.3, 0.4) is 0 Å². The smallest absolute Gasteiger partial charge is 0.289 e. The summed E-state index contributed by atoms with van der Waals surface area (Å²) < 4.78 is 34.4. The summed E-state index contributed by atoms with van der Waals surface area (Å²) in [4.78, 5) is 23.6. The normalized spacial score (nSPS) is 14.9. The second kappa shape index (κ2) is 14.4. The molecule has 2 amide bonds. The Labute approximate surface area is 296 Å². The molecule has 51 heavy (non-hydrogen) atoms. The van der Waals surface area contributed by atoms with E-state index in [1.165, 1.54) is 7.05 Å². The van der Waals surface area contributed by atoms with Crippen molar-refractivity contribution in [2.24, 2.45) is 0 Å². The number of anilines is 1. The number of hydrogen-bond donors (Lipinski definition) is 2. The summed E-state index contributed by atoms with van der Waals surface area (Å²) >= 11 is 0. The molecule has 1 aliphatic heterocycles. The summed E-state index contributed by atoms with van der Waals surface area (Å²) in [6.07, 6.45) is -0.260. The number of carbonyl (C=O) groups excluding carboxylic acids is 2. The molecule has 0 saturated carbocycles. The Morgan fingerprint density at radius 3 is 1.69 bits per heavy atom. The molecule has 0 radical (unpaired) electrons. The lowest BCUT2D eigenvalue weighted by Crippen LogP contribution is -2.24. The van der Waals surface area contributed by atoms with E-state index in [1.54, 1.807) is 24.3 Å². The van der Waals surface area contributed by atoms with Crippen LogP contribution in [0.4, 0.5) is 5.69 Å². The van der Waals surface area contributed by atoms with E-state index in [4.69, 9.17) is 14.0 Å². The molecule has 6 aromatic carbocycles. The van der Waals surface area contributed by atoms with Crippen molar-refractivity contribution in [2.45, 2.75) is 19.0 Å². The van der Waals surface area contributed by atoms with Crippen molar-refractivity contribution in [1.29, 1.82) is 0 Å². The van der Waals surface area contributed by atoms with Gasteiger partial charge in [0.15, 0.2) is 0 Å². The number of fused-ring (bicyclic) bond motifs is 3. The Hall–Kier alpha value is -6.11. The van der Waals surface area contributed by atoms with E-state index in [9.17, 15) is 9.59 Å². The number of ether oxygens (including phenoxy) is 2. The molecular formula is C42H35N2O6P. The van der Waals surface area contributed by atoms with Crippen molar-refractivity contribution in [2.75, 3.05) is 12.4 Å². The highest BCUT2D eigenvalue weighted by molar-refractivity contribution is 7.68. The molecule has 7 rings (SSSR count). The van der Waals surface area contributed by atoms with Gasteiger partial charge in [-0.2, -0.15) is 0 Å². The largest absolute Gasteiger partial charge is 0.457 e. The lowest BCUT2D eigenvalue weighted by Gasteiger charge is -2.34. The molecule has 2 atom stereocenters. The van der Waals surface area contributed by atoms with Gasteiger partial charge in [0.25, 0.3) is 7.37 Å². The van der Waals surface area contributed by atoms with Gasteiger partial charge in [-0.25, -0.2) is 0 Å². The van der Waals surface area contributed by atoms with Gasteiger partial charge in [-0.3, -0.25) is 14.2 Å². The first-order valence-corrected chi connectivity index (χ1v) is 18.2. The van der Waals surface area contributed by atoms with Gasteiger partial charge >= 0.3 is 0 Å². The monoisotopic (exact) mass is 694 g/mol. The second-order valence-electron chi connectivity index (χ2n) is 12.2. The highest BCUT2D eigenvalue weighted by atomic mass is 31.2. The number of carbonyl (C=O) groups is 2. The molecule has 0 fully saturated rings. The van der Waals surface area contributed by atoms with E-state index in [0.29, 0.717) is 34.0 Å². The van der Waals surface area contributed by atoms with Gasteiger partial charge in [0.1, 0.15) is 40.8 Å². The maximum atomic E-state index is 15.6. The highest BCUT2D eigenvalue weighted by Crippen LogP contribution is 2.65. The summed E-state index contributed by atoms with van der Waals surface area (Å²) in [6, 6.07) is 45.3. The minimum atomic E-state index is -3.63. The molecule has 2 N–H and O–H groups in total. The highest BCUT2D eigenvalue weighted by Gasteiger charge is 2.44. The Kier molecular flexibility index (Phi) is 9.42. The van der Waals surface area contributed by atoms with Crippen LogP contribution in [-0.4, -0.2) is 18.9 Å². The fourth-order valence-corrected chi connectivity index (χ4v) is 8.96. The topological polar surface area (TPSA) is 103 Å². The molecule has 1 heterocycles. The summed E-state index contributed by atoms with van der Waals surface area (Å²) in [6.45, 7) is 2.03. The zero-order valence-electron chi connectivity index (χ0n) is 28.0. The van der Waals surface area contributed by atoms with Gasteiger partial charge in [-0.1, -0.05) is 78.4 Å². The average Bonchev–Trinajstić information content (AvgIpc) is 3.15. The van der Waals surface area contributed by atoms with E-state index in [2.05, 4.69) is 10.6 Å².